The Kier molecular flexibility index (Phi) is 5.18. The summed E-state index contributed by atoms with van der Waals surface area (Å²) in [6, 6.07) is 6.41. The van der Waals surface area contributed by atoms with Crippen LogP contribution in [-0.2, 0) is 6.54 Å². The van der Waals surface area contributed by atoms with Crippen LogP contribution in [0.3, 0.4) is 0 Å². The Labute approximate surface area is 139 Å². The van der Waals surface area contributed by atoms with Gasteiger partial charge in [-0.05, 0) is 64.7 Å². The first-order valence-electron chi connectivity index (χ1n) is 6.08. The van der Waals surface area contributed by atoms with E-state index >= 15 is 0 Å². The first-order valence-corrected chi connectivity index (χ1v) is 8.04. The van der Waals surface area contributed by atoms with Gasteiger partial charge in [0.15, 0.2) is 0 Å². The molecular formula is C14H13IN2O3S. The number of thiophene rings is 1. The average Bonchev–Trinajstić information content (AvgIpc) is 2.84. The van der Waals surface area contributed by atoms with E-state index in [0.29, 0.717) is 6.54 Å². The van der Waals surface area contributed by atoms with Gasteiger partial charge in [0.1, 0.15) is 0 Å². The van der Waals surface area contributed by atoms with E-state index in [1.54, 1.807) is 23.5 Å². The summed E-state index contributed by atoms with van der Waals surface area (Å²) >= 11 is 3.60. The molecule has 0 unspecified atom stereocenters. The maximum atomic E-state index is 11.9. The molecule has 1 aromatic carbocycles. The van der Waals surface area contributed by atoms with Gasteiger partial charge >= 0.3 is 12.0 Å². The van der Waals surface area contributed by atoms with Crippen LogP contribution < -0.4 is 10.6 Å². The van der Waals surface area contributed by atoms with E-state index in [1.807, 2.05) is 41.0 Å². The van der Waals surface area contributed by atoms with Gasteiger partial charge < -0.3 is 15.7 Å². The maximum Gasteiger partial charge on any atom is 0.337 e. The Morgan fingerprint density at radius 2 is 2.10 bits per heavy atom. The molecule has 110 valence electrons. The lowest BCUT2D eigenvalue weighted by Gasteiger charge is -2.10. The number of hydrogen-bond donors (Lipinski definition) is 3. The number of aryl methyl sites for hydroxylation is 1. The number of carboxylic acid groups (broad SMARTS) is 1. The molecule has 0 radical (unpaired) electrons. The first kappa shape index (κ1) is 15.8. The number of halogens is 1. The second kappa shape index (κ2) is 6.90. The number of benzene rings is 1. The van der Waals surface area contributed by atoms with Crippen molar-refractivity contribution in [2.75, 3.05) is 5.32 Å². The lowest BCUT2D eigenvalue weighted by Crippen LogP contribution is -2.28. The van der Waals surface area contributed by atoms with Crippen LogP contribution in [0.2, 0.25) is 0 Å². The Balaban J connectivity index is 2.03. The molecule has 0 aliphatic carbocycles. The first-order chi connectivity index (χ1) is 9.97. The number of anilines is 1. The van der Waals surface area contributed by atoms with Crippen LogP contribution in [0.5, 0.6) is 0 Å². The van der Waals surface area contributed by atoms with Crippen LogP contribution in [0.1, 0.15) is 20.8 Å². The number of aromatic carboxylic acids is 1. The van der Waals surface area contributed by atoms with Crippen molar-refractivity contribution in [1.82, 2.24) is 5.32 Å². The molecule has 0 fully saturated rings. The maximum absolute atomic E-state index is 11.9. The SMILES string of the molecule is Cc1ccsc1CNC(=O)Nc1ccc(I)cc1C(=O)O. The molecular weight excluding hydrogens is 403 g/mol. The van der Waals surface area contributed by atoms with E-state index < -0.39 is 12.0 Å². The Bertz CT molecular complexity index is 685. The molecule has 0 spiro atoms. The van der Waals surface area contributed by atoms with Crippen molar-refractivity contribution in [3.63, 3.8) is 0 Å². The minimum Gasteiger partial charge on any atom is -0.478 e. The highest BCUT2D eigenvalue weighted by atomic mass is 127. The highest BCUT2D eigenvalue weighted by Gasteiger charge is 2.13. The van der Waals surface area contributed by atoms with E-state index in [2.05, 4.69) is 10.6 Å². The molecule has 0 saturated carbocycles. The molecule has 21 heavy (non-hydrogen) atoms. The van der Waals surface area contributed by atoms with E-state index in [4.69, 9.17) is 5.11 Å². The minimum absolute atomic E-state index is 0.0735. The Hall–Kier alpha value is -1.61. The zero-order valence-electron chi connectivity index (χ0n) is 11.1. The van der Waals surface area contributed by atoms with Gasteiger partial charge in [0.25, 0.3) is 0 Å². The minimum atomic E-state index is -1.07. The standard InChI is InChI=1S/C14H13IN2O3S/c1-8-4-5-21-12(8)7-16-14(20)17-11-3-2-9(15)6-10(11)13(18)19/h2-6H,7H2,1H3,(H,18,19)(H2,16,17,20). The summed E-state index contributed by atoms with van der Waals surface area (Å²) in [4.78, 5) is 24.1. The zero-order valence-corrected chi connectivity index (χ0v) is 14.1. The van der Waals surface area contributed by atoms with E-state index in [0.717, 1.165) is 14.0 Å². The molecule has 2 amide bonds. The van der Waals surface area contributed by atoms with Crippen molar-refractivity contribution in [3.8, 4) is 0 Å². The molecule has 2 aromatic rings. The van der Waals surface area contributed by atoms with Crippen LogP contribution in [0.4, 0.5) is 10.5 Å². The third-order valence-corrected chi connectivity index (χ3v) is 4.53. The van der Waals surface area contributed by atoms with Gasteiger partial charge in [-0.3, -0.25) is 0 Å². The lowest BCUT2D eigenvalue weighted by atomic mass is 10.2. The summed E-state index contributed by atoms with van der Waals surface area (Å²) in [7, 11) is 0. The van der Waals surface area contributed by atoms with Crippen molar-refractivity contribution >= 4 is 51.6 Å². The second-order valence-corrected chi connectivity index (χ2v) is 6.58. The molecule has 7 heteroatoms. The number of nitrogens with one attached hydrogen (secondary N) is 2. The Morgan fingerprint density at radius 1 is 1.33 bits per heavy atom. The van der Waals surface area contributed by atoms with Crippen molar-refractivity contribution in [1.29, 1.82) is 0 Å². The highest BCUT2D eigenvalue weighted by molar-refractivity contribution is 14.1. The number of carbonyl (C=O) groups excluding carboxylic acids is 1. The fraction of sp³-hybridized carbons (Fsp3) is 0.143. The number of amides is 2. The molecule has 0 aliphatic rings. The van der Waals surface area contributed by atoms with Gasteiger partial charge in [-0.15, -0.1) is 11.3 Å². The molecule has 3 N–H and O–H groups in total. The van der Waals surface area contributed by atoms with Gasteiger partial charge in [-0.1, -0.05) is 0 Å². The summed E-state index contributed by atoms with van der Waals surface area (Å²) in [5, 5.41) is 16.4. The fourth-order valence-electron chi connectivity index (χ4n) is 1.71. The summed E-state index contributed by atoms with van der Waals surface area (Å²) in [5.74, 6) is -1.07. The number of urea groups is 1. The number of carbonyl (C=O) groups is 2. The van der Waals surface area contributed by atoms with E-state index in [9.17, 15) is 9.59 Å². The lowest BCUT2D eigenvalue weighted by molar-refractivity contribution is 0.0698. The normalized spacial score (nSPS) is 10.2. The number of rotatable bonds is 4. The number of carboxylic acids is 1. The summed E-state index contributed by atoms with van der Waals surface area (Å²) < 4.78 is 0.796. The molecule has 0 bridgehead atoms. The monoisotopic (exact) mass is 416 g/mol. The summed E-state index contributed by atoms with van der Waals surface area (Å²) in [6.07, 6.45) is 0. The van der Waals surface area contributed by atoms with E-state index in [-0.39, 0.29) is 11.3 Å². The Morgan fingerprint density at radius 3 is 2.71 bits per heavy atom. The fourth-order valence-corrected chi connectivity index (χ4v) is 3.05. The van der Waals surface area contributed by atoms with Gasteiger partial charge in [0.05, 0.1) is 17.8 Å². The molecule has 5 nitrogen and oxygen atoms in total. The van der Waals surface area contributed by atoms with Crippen molar-refractivity contribution in [2.24, 2.45) is 0 Å². The average molecular weight is 416 g/mol. The molecule has 0 aliphatic heterocycles. The van der Waals surface area contributed by atoms with Crippen LogP contribution in [-0.4, -0.2) is 17.1 Å². The second-order valence-electron chi connectivity index (χ2n) is 4.33. The molecule has 1 heterocycles. The van der Waals surface area contributed by atoms with Gasteiger partial charge in [0, 0.05) is 8.45 Å². The van der Waals surface area contributed by atoms with Gasteiger partial charge in [-0.25, -0.2) is 9.59 Å². The van der Waals surface area contributed by atoms with Crippen LogP contribution >= 0.6 is 33.9 Å². The summed E-state index contributed by atoms with van der Waals surface area (Å²) in [5.41, 5.74) is 1.48. The quantitative estimate of drug-likeness (QED) is 0.666. The number of hydrogen-bond acceptors (Lipinski definition) is 3. The zero-order chi connectivity index (χ0) is 15.4. The van der Waals surface area contributed by atoms with Crippen molar-refractivity contribution < 1.29 is 14.7 Å². The van der Waals surface area contributed by atoms with E-state index in [1.165, 1.54) is 6.07 Å². The topological polar surface area (TPSA) is 78.4 Å². The van der Waals surface area contributed by atoms with Crippen LogP contribution in [0.25, 0.3) is 0 Å². The van der Waals surface area contributed by atoms with Gasteiger partial charge in [-0.2, -0.15) is 0 Å². The molecule has 0 saturated heterocycles. The van der Waals surface area contributed by atoms with Gasteiger partial charge in [0.2, 0.25) is 0 Å². The predicted molar refractivity (Wildman–Crippen MR) is 91.0 cm³/mol. The largest absolute Gasteiger partial charge is 0.478 e. The predicted octanol–water partition coefficient (Wildman–Crippen LogP) is 3.68. The smallest absolute Gasteiger partial charge is 0.337 e. The summed E-state index contributed by atoms with van der Waals surface area (Å²) in [6.45, 7) is 2.40. The highest BCUT2D eigenvalue weighted by Crippen LogP contribution is 2.19. The third kappa shape index (κ3) is 4.18. The van der Waals surface area contributed by atoms with Crippen molar-refractivity contribution in [3.05, 3.63) is 49.2 Å². The van der Waals surface area contributed by atoms with Crippen LogP contribution in [0.15, 0.2) is 29.6 Å². The molecule has 2 rings (SSSR count). The van der Waals surface area contributed by atoms with Crippen molar-refractivity contribution in [2.45, 2.75) is 13.5 Å². The third-order valence-electron chi connectivity index (χ3n) is 2.84. The molecule has 0 atom stereocenters. The van der Waals surface area contributed by atoms with Crippen LogP contribution in [0, 0.1) is 10.5 Å². The molecule has 1 aromatic heterocycles.